The van der Waals surface area contributed by atoms with E-state index in [2.05, 4.69) is 17.2 Å². The minimum Gasteiger partial charge on any atom is -0.480 e. The molecule has 0 aromatic heterocycles. The largest absolute Gasteiger partial charge is 0.480 e. The van der Waals surface area contributed by atoms with Crippen LogP contribution in [0.3, 0.4) is 0 Å². The SMILES string of the molecule is C=C(C)CNC(=O)NC(CCC(N)=O)C(=O)O. The molecule has 0 bridgehead atoms. The molecule has 0 aromatic carbocycles. The summed E-state index contributed by atoms with van der Waals surface area (Å²) in [5.41, 5.74) is 5.64. The van der Waals surface area contributed by atoms with Gasteiger partial charge in [-0.25, -0.2) is 9.59 Å². The Kier molecular flexibility index (Phi) is 6.39. The molecule has 0 aliphatic carbocycles. The van der Waals surface area contributed by atoms with Crippen LogP contribution in [0.2, 0.25) is 0 Å². The zero-order valence-corrected chi connectivity index (χ0v) is 9.66. The summed E-state index contributed by atoms with van der Waals surface area (Å²) in [6.07, 6.45) is -0.136. The van der Waals surface area contributed by atoms with Crippen molar-refractivity contribution in [3.63, 3.8) is 0 Å². The molecule has 1 unspecified atom stereocenters. The van der Waals surface area contributed by atoms with Gasteiger partial charge in [-0.05, 0) is 13.3 Å². The van der Waals surface area contributed by atoms with E-state index in [1.54, 1.807) is 6.92 Å². The van der Waals surface area contributed by atoms with Crippen LogP contribution in [0, 0.1) is 0 Å². The fourth-order valence-corrected chi connectivity index (χ4v) is 0.984. The highest BCUT2D eigenvalue weighted by atomic mass is 16.4. The van der Waals surface area contributed by atoms with Gasteiger partial charge in [0, 0.05) is 13.0 Å². The van der Waals surface area contributed by atoms with Crippen LogP contribution >= 0.6 is 0 Å². The van der Waals surface area contributed by atoms with Crippen LogP contribution in [0.1, 0.15) is 19.8 Å². The number of carboxylic acid groups (broad SMARTS) is 1. The summed E-state index contributed by atoms with van der Waals surface area (Å²) in [6.45, 7) is 5.56. The Balaban J connectivity index is 4.15. The molecule has 17 heavy (non-hydrogen) atoms. The maximum Gasteiger partial charge on any atom is 0.326 e. The van der Waals surface area contributed by atoms with Gasteiger partial charge in [-0.1, -0.05) is 12.2 Å². The number of urea groups is 1. The van der Waals surface area contributed by atoms with Crippen LogP contribution in [0.25, 0.3) is 0 Å². The zero-order valence-electron chi connectivity index (χ0n) is 9.66. The van der Waals surface area contributed by atoms with Crippen molar-refractivity contribution in [1.29, 1.82) is 0 Å². The third-order valence-corrected chi connectivity index (χ3v) is 1.83. The number of nitrogens with one attached hydrogen (secondary N) is 2. The standard InChI is InChI=1S/C10H17N3O4/c1-6(2)5-12-10(17)13-7(9(15)16)3-4-8(11)14/h7H,1,3-5H2,2H3,(H2,11,14)(H,15,16)(H2,12,13,17). The van der Waals surface area contributed by atoms with Gasteiger partial charge in [-0.2, -0.15) is 0 Å². The maximum absolute atomic E-state index is 11.3. The smallest absolute Gasteiger partial charge is 0.326 e. The Morgan fingerprint density at radius 2 is 2.00 bits per heavy atom. The lowest BCUT2D eigenvalue weighted by Crippen LogP contribution is -2.46. The molecule has 0 fully saturated rings. The molecule has 0 saturated heterocycles. The first-order valence-electron chi connectivity index (χ1n) is 5.02. The lowest BCUT2D eigenvalue weighted by molar-refractivity contribution is -0.139. The molecular formula is C10H17N3O4. The van der Waals surface area contributed by atoms with Crippen molar-refractivity contribution in [1.82, 2.24) is 10.6 Å². The van der Waals surface area contributed by atoms with Crippen molar-refractivity contribution in [2.24, 2.45) is 5.73 Å². The van der Waals surface area contributed by atoms with Crippen LogP contribution in [0.4, 0.5) is 4.79 Å². The van der Waals surface area contributed by atoms with Gasteiger partial charge in [0.15, 0.2) is 0 Å². The quantitative estimate of drug-likeness (QED) is 0.453. The Morgan fingerprint density at radius 1 is 1.41 bits per heavy atom. The normalized spacial score (nSPS) is 11.4. The Bertz CT molecular complexity index is 328. The number of carbonyl (C=O) groups excluding carboxylic acids is 2. The highest BCUT2D eigenvalue weighted by Crippen LogP contribution is 1.97. The summed E-state index contributed by atoms with van der Waals surface area (Å²) in [7, 11) is 0. The third kappa shape index (κ3) is 7.83. The summed E-state index contributed by atoms with van der Waals surface area (Å²) in [6, 6.07) is -1.75. The van der Waals surface area contributed by atoms with E-state index in [-0.39, 0.29) is 19.4 Å². The van der Waals surface area contributed by atoms with Crippen LogP contribution < -0.4 is 16.4 Å². The topological polar surface area (TPSA) is 122 Å². The first-order chi connectivity index (χ1) is 7.82. The highest BCUT2D eigenvalue weighted by molar-refractivity contribution is 5.83. The predicted molar refractivity (Wildman–Crippen MR) is 61.2 cm³/mol. The lowest BCUT2D eigenvalue weighted by atomic mass is 10.1. The van der Waals surface area contributed by atoms with Gasteiger partial charge in [0.2, 0.25) is 5.91 Å². The molecule has 0 radical (unpaired) electrons. The first kappa shape index (κ1) is 14.9. The average molecular weight is 243 g/mol. The van der Waals surface area contributed by atoms with E-state index in [4.69, 9.17) is 10.8 Å². The minimum atomic E-state index is -1.21. The molecule has 0 aromatic rings. The Labute approximate surface area is 99.1 Å². The van der Waals surface area contributed by atoms with Gasteiger partial charge in [0.25, 0.3) is 0 Å². The Hall–Kier alpha value is -2.05. The number of carbonyl (C=O) groups is 3. The number of rotatable bonds is 7. The number of hydrogen-bond donors (Lipinski definition) is 4. The summed E-state index contributed by atoms with van der Waals surface area (Å²) >= 11 is 0. The highest BCUT2D eigenvalue weighted by Gasteiger charge is 2.20. The van der Waals surface area contributed by atoms with Crippen molar-refractivity contribution < 1.29 is 19.5 Å². The summed E-state index contributed by atoms with van der Waals surface area (Å²) in [5.74, 6) is -1.82. The van der Waals surface area contributed by atoms with E-state index in [0.717, 1.165) is 5.57 Å². The molecule has 3 amide bonds. The number of primary amides is 1. The van der Waals surface area contributed by atoms with Gasteiger partial charge in [-0.15, -0.1) is 0 Å². The number of aliphatic carboxylic acids is 1. The summed E-state index contributed by atoms with van der Waals surface area (Å²) in [4.78, 5) is 32.6. The number of carboxylic acids is 1. The second kappa shape index (κ2) is 7.26. The van der Waals surface area contributed by atoms with Gasteiger partial charge in [0.1, 0.15) is 6.04 Å². The van der Waals surface area contributed by atoms with Gasteiger partial charge in [-0.3, -0.25) is 4.79 Å². The Morgan fingerprint density at radius 3 is 2.41 bits per heavy atom. The summed E-state index contributed by atoms with van der Waals surface area (Å²) in [5, 5.41) is 13.5. The maximum atomic E-state index is 11.3. The molecule has 96 valence electrons. The van der Waals surface area contributed by atoms with Crippen molar-refractivity contribution >= 4 is 17.9 Å². The molecule has 0 heterocycles. The van der Waals surface area contributed by atoms with Crippen molar-refractivity contribution in [2.45, 2.75) is 25.8 Å². The molecule has 7 nitrogen and oxygen atoms in total. The van der Waals surface area contributed by atoms with Gasteiger partial charge in [0.05, 0.1) is 0 Å². The van der Waals surface area contributed by atoms with E-state index >= 15 is 0 Å². The number of hydrogen-bond acceptors (Lipinski definition) is 3. The predicted octanol–water partition coefficient (Wildman–Crippen LogP) is -0.420. The fourth-order valence-electron chi connectivity index (χ4n) is 0.984. The molecule has 0 spiro atoms. The summed E-state index contributed by atoms with van der Waals surface area (Å²) < 4.78 is 0. The molecule has 0 aliphatic heterocycles. The van der Waals surface area contributed by atoms with Crippen molar-refractivity contribution in [3.05, 3.63) is 12.2 Å². The van der Waals surface area contributed by atoms with Crippen molar-refractivity contribution in [3.8, 4) is 0 Å². The van der Waals surface area contributed by atoms with Crippen LogP contribution in [-0.4, -0.2) is 35.6 Å². The molecule has 0 aliphatic rings. The average Bonchev–Trinajstić information content (AvgIpc) is 2.20. The molecular weight excluding hydrogens is 226 g/mol. The second-order valence-electron chi connectivity index (χ2n) is 3.68. The number of amides is 3. The molecule has 1 atom stereocenters. The van der Waals surface area contributed by atoms with Crippen LogP contribution in [0.5, 0.6) is 0 Å². The van der Waals surface area contributed by atoms with Crippen LogP contribution in [0.15, 0.2) is 12.2 Å². The van der Waals surface area contributed by atoms with E-state index in [1.807, 2.05) is 0 Å². The molecule has 7 heteroatoms. The minimum absolute atomic E-state index is 0.0365. The monoisotopic (exact) mass is 243 g/mol. The van der Waals surface area contributed by atoms with Crippen molar-refractivity contribution in [2.75, 3.05) is 6.54 Å². The molecule has 0 rings (SSSR count). The lowest BCUT2D eigenvalue weighted by Gasteiger charge is -2.14. The second-order valence-corrected chi connectivity index (χ2v) is 3.68. The molecule has 5 N–H and O–H groups in total. The van der Waals surface area contributed by atoms with E-state index < -0.39 is 23.9 Å². The third-order valence-electron chi connectivity index (χ3n) is 1.83. The van der Waals surface area contributed by atoms with Crippen LogP contribution in [-0.2, 0) is 9.59 Å². The van der Waals surface area contributed by atoms with Gasteiger partial charge < -0.3 is 21.5 Å². The zero-order chi connectivity index (χ0) is 13.4. The molecule has 0 saturated carbocycles. The van der Waals surface area contributed by atoms with Gasteiger partial charge >= 0.3 is 12.0 Å². The van der Waals surface area contributed by atoms with E-state index in [0.29, 0.717) is 0 Å². The fraction of sp³-hybridized carbons (Fsp3) is 0.500. The van der Waals surface area contributed by atoms with E-state index in [1.165, 1.54) is 0 Å². The number of nitrogens with two attached hydrogens (primary N) is 1. The van der Waals surface area contributed by atoms with E-state index in [9.17, 15) is 14.4 Å². The first-order valence-corrected chi connectivity index (χ1v) is 5.02.